The first-order valence-corrected chi connectivity index (χ1v) is 9.94. The lowest BCUT2D eigenvalue weighted by Gasteiger charge is -2.15. The van der Waals surface area contributed by atoms with Gasteiger partial charge in [-0.05, 0) is 50.2 Å². The second-order valence-corrected chi connectivity index (χ2v) is 6.89. The van der Waals surface area contributed by atoms with Crippen LogP contribution in [0.4, 0.5) is 0 Å². The maximum atomic E-state index is 4.74. The van der Waals surface area contributed by atoms with Gasteiger partial charge in [0.25, 0.3) is 0 Å². The van der Waals surface area contributed by atoms with Gasteiger partial charge in [0, 0.05) is 13.1 Å². The van der Waals surface area contributed by atoms with Crippen LogP contribution in [0.2, 0.25) is 0 Å². The van der Waals surface area contributed by atoms with Crippen LogP contribution in [-0.2, 0) is 13.1 Å². The van der Waals surface area contributed by atoms with Crippen molar-refractivity contribution in [2.75, 3.05) is 13.1 Å². The molecule has 28 heavy (non-hydrogen) atoms. The number of hydrogen-bond acceptors (Lipinski definition) is 3. The molecule has 2 aromatic rings. The largest absolute Gasteiger partial charge is 0.357 e. The van der Waals surface area contributed by atoms with Crippen molar-refractivity contribution in [1.82, 2.24) is 25.4 Å². The van der Waals surface area contributed by atoms with E-state index in [0.29, 0.717) is 6.54 Å². The van der Waals surface area contributed by atoms with E-state index < -0.39 is 0 Å². The number of aromatic nitrogens is 3. The summed E-state index contributed by atoms with van der Waals surface area (Å²) in [5.41, 5.74) is 3.99. The molecule has 0 bridgehead atoms. The number of benzene rings is 1. The smallest absolute Gasteiger partial charge is 0.191 e. The zero-order valence-electron chi connectivity index (χ0n) is 16.6. The minimum Gasteiger partial charge on any atom is -0.357 e. The summed E-state index contributed by atoms with van der Waals surface area (Å²) in [5, 5.41) is 11.0. The highest BCUT2D eigenvalue weighted by molar-refractivity contribution is 14.0. The van der Waals surface area contributed by atoms with E-state index in [4.69, 9.17) is 4.99 Å². The van der Waals surface area contributed by atoms with Crippen LogP contribution in [0.3, 0.4) is 0 Å². The lowest BCUT2D eigenvalue weighted by Crippen LogP contribution is -2.37. The third-order valence-corrected chi connectivity index (χ3v) is 4.69. The maximum absolute atomic E-state index is 4.74. The molecule has 2 N–H and O–H groups in total. The molecule has 0 amide bonds. The van der Waals surface area contributed by atoms with E-state index >= 15 is 0 Å². The van der Waals surface area contributed by atoms with Crippen molar-refractivity contribution < 1.29 is 0 Å². The molecular weight excluding hydrogens is 463 g/mol. The van der Waals surface area contributed by atoms with E-state index in [0.717, 1.165) is 32.0 Å². The van der Waals surface area contributed by atoms with Crippen molar-refractivity contribution >= 4 is 29.9 Å². The highest BCUT2D eigenvalue weighted by atomic mass is 127. The number of halogens is 1. The van der Waals surface area contributed by atoms with Crippen LogP contribution in [0.25, 0.3) is 0 Å². The molecule has 3 rings (SSSR count). The second-order valence-electron chi connectivity index (χ2n) is 6.89. The molecule has 1 aliphatic rings. The van der Waals surface area contributed by atoms with Crippen molar-refractivity contribution in [3.05, 3.63) is 59.7 Å². The molecule has 1 aromatic carbocycles. The summed E-state index contributed by atoms with van der Waals surface area (Å²) in [5.74, 6) is 0.885. The van der Waals surface area contributed by atoms with Gasteiger partial charge < -0.3 is 10.6 Å². The zero-order valence-corrected chi connectivity index (χ0v) is 18.9. The van der Waals surface area contributed by atoms with Gasteiger partial charge in [-0.1, -0.05) is 35.9 Å². The zero-order chi connectivity index (χ0) is 18.7. The molecule has 1 aromatic heterocycles. The van der Waals surface area contributed by atoms with Crippen LogP contribution in [0.5, 0.6) is 0 Å². The molecule has 1 heterocycles. The molecule has 0 aliphatic heterocycles. The molecule has 0 fully saturated rings. The van der Waals surface area contributed by atoms with Crippen LogP contribution < -0.4 is 10.6 Å². The Labute approximate surface area is 185 Å². The first-order chi connectivity index (χ1) is 13.3. The number of aliphatic imine (C=N–C) groups is 1. The summed E-state index contributed by atoms with van der Waals surface area (Å²) < 4.78 is 1.83. The van der Waals surface area contributed by atoms with E-state index in [2.05, 4.69) is 58.0 Å². The molecular formula is C21H31IN6. The van der Waals surface area contributed by atoms with Crippen LogP contribution in [-0.4, -0.2) is 33.8 Å². The lowest BCUT2D eigenvalue weighted by molar-refractivity contribution is 0.665. The molecule has 0 saturated heterocycles. The fraction of sp³-hybridized carbons (Fsp3) is 0.476. The summed E-state index contributed by atoms with van der Waals surface area (Å²) in [6, 6.07) is 8.48. The Morgan fingerprint density at radius 3 is 2.86 bits per heavy atom. The van der Waals surface area contributed by atoms with Gasteiger partial charge in [0.1, 0.15) is 12.7 Å². The average Bonchev–Trinajstić information content (AvgIpc) is 3.20. The van der Waals surface area contributed by atoms with Gasteiger partial charge in [-0.25, -0.2) is 14.7 Å². The summed E-state index contributed by atoms with van der Waals surface area (Å²) in [7, 11) is 0. The van der Waals surface area contributed by atoms with E-state index in [9.17, 15) is 0 Å². The normalized spacial score (nSPS) is 14.2. The minimum atomic E-state index is 0. The van der Waals surface area contributed by atoms with Crippen LogP contribution in [0.1, 0.15) is 50.2 Å². The number of allylic oxidation sites excluding steroid dienone is 1. The van der Waals surface area contributed by atoms with E-state index in [1.807, 2.05) is 4.68 Å². The molecule has 0 atom stereocenters. The number of nitrogens with one attached hydrogen (secondary N) is 2. The van der Waals surface area contributed by atoms with E-state index in [-0.39, 0.29) is 24.0 Å². The van der Waals surface area contributed by atoms with Crippen LogP contribution >= 0.6 is 24.0 Å². The quantitative estimate of drug-likeness (QED) is 0.253. The third kappa shape index (κ3) is 7.61. The van der Waals surface area contributed by atoms with Gasteiger partial charge in [-0.3, -0.25) is 0 Å². The van der Waals surface area contributed by atoms with Crippen molar-refractivity contribution in [2.45, 2.75) is 52.1 Å². The lowest BCUT2D eigenvalue weighted by atomic mass is 9.97. The first-order valence-electron chi connectivity index (χ1n) is 9.94. The van der Waals surface area contributed by atoms with Gasteiger partial charge in [0.05, 0.1) is 13.1 Å². The van der Waals surface area contributed by atoms with Crippen molar-refractivity contribution in [1.29, 1.82) is 0 Å². The van der Waals surface area contributed by atoms with Crippen molar-refractivity contribution in [2.24, 2.45) is 4.99 Å². The van der Waals surface area contributed by atoms with Crippen LogP contribution in [0, 0.1) is 0 Å². The topological polar surface area (TPSA) is 67.1 Å². The Balaban J connectivity index is 0.00000280. The molecule has 7 heteroatoms. The molecule has 0 unspecified atom stereocenters. The fourth-order valence-electron chi connectivity index (χ4n) is 3.31. The Bertz CT molecular complexity index is 754. The van der Waals surface area contributed by atoms with Gasteiger partial charge in [0.2, 0.25) is 0 Å². The van der Waals surface area contributed by atoms with E-state index in [1.165, 1.54) is 36.8 Å². The van der Waals surface area contributed by atoms with Crippen LogP contribution in [0.15, 0.2) is 53.6 Å². The third-order valence-electron chi connectivity index (χ3n) is 4.69. The minimum absolute atomic E-state index is 0. The summed E-state index contributed by atoms with van der Waals surface area (Å²) >= 11 is 0. The first kappa shape index (κ1) is 22.4. The van der Waals surface area contributed by atoms with Crippen molar-refractivity contribution in [3.8, 4) is 0 Å². The molecule has 6 nitrogen and oxygen atoms in total. The number of nitrogens with zero attached hydrogens (tertiary/aromatic N) is 4. The average molecular weight is 494 g/mol. The van der Waals surface area contributed by atoms with Gasteiger partial charge in [0.15, 0.2) is 5.96 Å². The predicted molar refractivity (Wildman–Crippen MR) is 125 cm³/mol. The number of guanidine groups is 1. The molecule has 0 spiro atoms. The monoisotopic (exact) mass is 494 g/mol. The van der Waals surface area contributed by atoms with Gasteiger partial charge in [-0.2, -0.15) is 5.10 Å². The standard InChI is InChI=1S/C21H30N6.HI/c1-2-23-21(24-12-11-18-7-4-3-5-8-18)25-14-19-9-6-10-20(13-19)15-27-17-22-16-26-27;/h6-7,9-10,13,16-17H,2-5,8,11-12,14-15H2,1H3,(H2,23,24,25);1H. The Kier molecular flexibility index (Phi) is 10.0. The molecule has 0 radical (unpaired) electrons. The Hall–Kier alpha value is -1.90. The Morgan fingerprint density at radius 2 is 2.11 bits per heavy atom. The molecule has 0 saturated carbocycles. The maximum Gasteiger partial charge on any atom is 0.191 e. The molecule has 1 aliphatic carbocycles. The second kappa shape index (κ2) is 12.5. The van der Waals surface area contributed by atoms with Crippen molar-refractivity contribution in [3.63, 3.8) is 0 Å². The van der Waals surface area contributed by atoms with E-state index in [1.54, 1.807) is 18.2 Å². The summed E-state index contributed by atoms with van der Waals surface area (Å²) in [6.07, 6.45) is 12.0. The predicted octanol–water partition coefficient (Wildman–Crippen LogP) is 3.89. The number of rotatable bonds is 8. The number of hydrogen-bond donors (Lipinski definition) is 2. The SMILES string of the molecule is CCNC(=NCc1cccc(Cn2cncn2)c1)NCCC1=CCCCC1.I. The summed E-state index contributed by atoms with van der Waals surface area (Å²) in [6.45, 7) is 5.28. The van der Waals surface area contributed by atoms with Gasteiger partial charge >= 0.3 is 0 Å². The van der Waals surface area contributed by atoms with Gasteiger partial charge in [-0.15, -0.1) is 24.0 Å². The Morgan fingerprint density at radius 1 is 1.21 bits per heavy atom. The summed E-state index contributed by atoms with van der Waals surface area (Å²) in [4.78, 5) is 8.74. The highest BCUT2D eigenvalue weighted by Gasteiger charge is 2.04. The highest BCUT2D eigenvalue weighted by Crippen LogP contribution is 2.19. The molecule has 152 valence electrons. The fourth-order valence-corrected chi connectivity index (χ4v) is 3.31.